The maximum atomic E-state index is 12.1. The van der Waals surface area contributed by atoms with Gasteiger partial charge in [-0.15, -0.1) is 0 Å². The first-order valence-electron chi connectivity index (χ1n) is 6.75. The fourth-order valence-corrected chi connectivity index (χ4v) is 2.03. The highest BCUT2D eigenvalue weighted by atomic mass is 16.1. The fraction of sp³-hybridized carbons (Fsp3) is 0.333. The van der Waals surface area contributed by atoms with Gasteiger partial charge >= 0.3 is 0 Å². The van der Waals surface area contributed by atoms with E-state index in [1.54, 1.807) is 6.20 Å². The quantitative estimate of drug-likeness (QED) is 0.791. The lowest BCUT2D eigenvalue weighted by Gasteiger charge is -2.10. The molecular weight excluding hydrogens is 252 g/mol. The predicted molar refractivity (Wildman–Crippen MR) is 79.9 cm³/mol. The van der Waals surface area contributed by atoms with E-state index in [0.29, 0.717) is 12.1 Å². The second-order valence-corrected chi connectivity index (χ2v) is 4.68. The standard InChI is InChI=1S/C15H20N4O/c1-12-5-6-13(14(11-12)16-2)15(20)17-7-3-9-19-10-4-8-18-19/h4-6,8,10-11,16H,3,7,9H2,1-2H3,(H,17,20). The van der Waals surface area contributed by atoms with Gasteiger partial charge in [-0.05, 0) is 37.1 Å². The number of benzene rings is 1. The average Bonchev–Trinajstić information content (AvgIpc) is 2.96. The summed E-state index contributed by atoms with van der Waals surface area (Å²) in [4.78, 5) is 12.1. The normalized spacial score (nSPS) is 10.3. The predicted octanol–water partition coefficient (Wildman–Crippen LogP) is 2.05. The van der Waals surface area contributed by atoms with E-state index in [2.05, 4.69) is 15.7 Å². The molecule has 2 N–H and O–H groups in total. The Bertz CT molecular complexity index is 563. The van der Waals surface area contributed by atoms with Crippen molar-refractivity contribution in [2.45, 2.75) is 19.9 Å². The minimum Gasteiger partial charge on any atom is -0.387 e. The smallest absolute Gasteiger partial charge is 0.253 e. The van der Waals surface area contributed by atoms with Crippen LogP contribution in [0.1, 0.15) is 22.3 Å². The first kappa shape index (κ1) is 14.1. The van der Waals surface area contributed by atoms with Crippen molar-refractivity contribution in [3.63, 3.8) is 0 Å². The lowest BCUT2D eigenvalue weighted by Crippen LogP contribution is -2.26. The maximum absolute atomic E-state index is 12.1. The lowest BCUT2D eigenvalue weighted by atomic mass is 10.1. The lowest BCUT2D eigenvalue weighted by molar-refractivity contribution is 0.0953. The van der Waals surface area contributed by atoms with Crippen molar-refractivity contribution >= 4 is 11.6 Å². The zero-order valence-electron chi connectivity index (χ0n) is 11.9. The van der Waals surface area contributed by atoms with Crippen LogP contribution in [0.5, 0.6) is 0 Å². The minimum absolute atomic E-state index is 0.0465. The second kappa shape index (κ2) is 6.75. The molecule has 2 aromatic rings. The van der Waals surface area contributed by atoms with E-state index < -0.39 is 0 Å². The van der Waals surface area contributed by atoms with Gasteiger partial charge in [0, 0.05) is 38.2 Å². The third kappa shape index (κ3) is 3.60. The molecule has 2 rings (SSSR count). The second-order valence-electron chi connectivity index (χ2n) is 4.68. The van der Waals surface area contributed by atoms with Crippen molar-refractivity contribution in [3.05, 3.63) is 47.8 Å². The van der Waals surface area contributed by atoms with Crippen LogP contribution in [0.4, 0.5) is 5.69 Å². The molecule has 1 aromatic heterocycles. The number of aromatic nitrogens is 2. The maximum Gasteiger partial charge on any atom is 0.253 e. The zero-order chi connectivity index (χ0) is 14.4. The number of amides is 1. The van der Waals surface area contributed by atoms with Gasteiger partial charge in [-0.3, -0.25) is 9.48 Å². The van der Waals surface area contributed by atoms with Gasteiger partial charge in [0.25, 0.3) is 5.91 Å². The van der Waals surface area contributed by atoms with E-state index in [-0.39, 0.29) is 5.91 Å². The number of hydrogen-bond acceptors (Lipinski definition) is 3. The molecule has 0 aliphatic heterocycles. The molecule has 0 fully saturated rings. The molecule has 20 heavy (non-hydrogen) atoms. The van der Waals surface area contributed by atoms with Crippen LogP contribution in [-0.2, 0) is 6.54 Å². The molecule has 1 aromatic carbocycles. The summed E-state index contributed by atoms with van der Waals surface area (Å²) in [5.41, 5.74) is 2.66. The summed E-state index contributed by atoms with van der Waals surface area (Å²) in [6.07, 6.45) is 4.53. The number of anilines is 1. The van der Waals surface area contributed by atoms with Gasteiger partial charge in [-0.25, -0.2) is 0 Å². The molecule has 0 aliphatic carbocycles. The largest absolute Gasteiger partial charge is 0.387 e. The first-order valence-corrected chi connectivity index (χ1v) is 6.75. The van der Waals surface area contributed by atoms with E-state index in [0.717, 1.165) is 24.2 Å². The van der Waals surface area contributed by atoms with Crippen molar-refractivity contribution in [1.29, 1.82) is 0 Å². The van der Waals surface area contributed by atoms with Crippen LogP contribution in [0.3, 0.4) is 0 Å². The monoisotopic (exact) mass is 272 g/mol. The van der Waals surface area contributed by atoms with E-state index in [4.69, 9.17) is 0 Å². The Labute approximate surface area is 119 Å². The van der Waals surface area contributed by atoms with Crippen LogP contribution in [0.2, 0.25) is 0 Å². The van der Waals surface area contributed by atoms with Crippen LogP contribution in [0.25, 0.3) is 0 Å². The molecule has 0 unspecified atom stereocenters. The molecule has 106 valence electrons. The van der Waals surface area contributed by atoms with Gasteiger partial charge < -0.3 is 10.6 Å². The summed E-state index contributed by atoms with van der Waals surface area (Å²) in [5.74, 6) is -0.0465. The fourth-order valence-electron chi connectivity index (χ4n) is 2.03. The minimum atomic E-state index is -0.0465. The van der Waals surface area contributed by atoms with Crippen molar-refractivity contribution in [1.82, 2.24) is 15.1 Å². The first-order chi connectivity index (χ1) is 9.70. The van der Waals surface area contributed by atoms with Crippen LogP contribution < -0.4 is 10.6 Å². The molecule has 0 aliphatic rings. The van der Waals surface area contributed by atoms with Crippen LogP contribution >= 0.6 is 0 Å². The topological polar surface area (TPSA) is 59.0 Å². The van der Waals surface area contributed by atoms with Gasteiger partial charge in [0.05, 0.1) is 5.56 Å². The number of nitrogens with one attached hydrogen (secondary N) is 2. The molecule has 0 spiro atoms. The van der Waals surface area contributed by atoms with E-state index in [1.807, 2.05) is 49.1 Å². The van der Waals surface area contributed by atoms with Gasteiger partial charge in [-0.1, -0.05) is 6.07 Å². The molecule has 0 bridgehead atoms. The van der Waals surface area contributed by atoms with E-state index in [1.165, 1.54) is 0 Å². The number of aryl methyl sites for hydroxylation is 2. The molecular formula is C15H20N4O. The Balaban J connectivity index is 1.85. The Kier molecular flexibility index (Phi) is 4.76. The Hall–Kier alpha value is -2.30. The highest BCUT2D eigenvalue weighted by Crippen LogP contribution is 2.16. The van der Waals surface area contributed by atoms with Gasteiger partial charge in [0.1, 0.15) is 0 Å². The van der Waals surface area contributed by atoms with Crippen LogP contribution in [0.15, 0.2) is 36.7 Å². The third-order valence-electron chi connectivity index (χ3n) is 3.10. The summed E-state index contributed by atoms with van der Waals surface area (Å²) >= 11 is 0. The van der Waals surface area contributed by atoms with E-state index in [9.17, 15) is 4.79 Å². The third-order valence-corrected chi connectivity index (χ3v) is 3.10. The van der Waals surface area contributed by atoms with Crippen LogP contribution in [-0.4, -0.2) is 29.3 Å². The Morgan fingerprint density at radius 3 is 2.95 bits per heavy atom. The molecule has 1 amide bonds. The summed E-state index contributed by atoms with van der Waals surface area (Å²) in [5, 5.41) is 10.1. The summed E-state index contributed by atoms with van der Waals surface area (Å²) in [7, 11) is 1.82. The van der Waals surface area contributed by atoms with Crippen molar-refractivity contribution in [2.24, 2.45) is 0 Å². The average molecular weight is 272 g/mol. The zero-order valence-corrected chi connectivity index (χ0v) is 11.9. The number of rotatable bonds is 6. The summed E-state index contributed by atoms with van der Waals surface area (Å²) < 4.78 is 1.86. The number of carbonyl (C=O) groups excluding carboxylic acids is 1. The molecule has 5 heteroatoms. The molecule has 0 saturated heterocycles. The van der Waals surface area contributed by atoms with Gasteiger partial charge in [-0.2, -0.15) is 5.10 Å². The van der Waals surface area contributed by atoms with Crippen LogP contribution in [0, 0.1) is 6.92 Å². The van der Waals surface area contributed by atoms with E-state index >= 15 is 0 Å². The molecule has 1 heterocycles. The SMILES string of the molecule is CNc1cc(C)ccc1C(=O)NCCCn1cccn1. The molecule has 0 saturated carbocycles. The van der Waals surface area contributed by atoms with Gasteiger partial charge in [0.2, 0.25) is 0 Å². The summed E-state index contributed by atoms with van der Waals surface area (Å²) in [6, 6.07) is 7.66. The van der Waals surface area contributed by atoms with Crippen molar-refractivity contribution < 1.29 is 4.79 Å². The summed E-state index contributed by atoms with van der Waals surface area (Å²) in [6.45, 7) is 3.45. The highest BCUT2D eigenvalue weighted by molar-refractivity contribution is 5.99. The van der Waals surface area contributed by atoms with Crippen molar-refractivity contribution in [2.75, 3.05) is 18.9 Å². The molecule has 0 atom stereocenters. The Morgan fingerprint density at radius 1 is 1.40 bits per heavy atom. The van der Waals surface area contributed by atoms with Crippen molar-refractivity contribution in [3.8, 4) is 0 Å². The highest BCUT2D eigenvalue weighted by Gasteiger charge is 2.09. The molecule has 0 radical (unpaired) electrons. The number of nitrogens with zero attached hydrogens (tertiary/aromatic N) is 2. The number of carbonyl (C=O) groups is 1. The Morgan fingerprint density at radius 2 is 2.25 bits per heavy atom. The number of hydrogen-bond donors (Lipinski definition) is 2. The molecule has 5 nitrogen and oxygen atoms in total. The van der Waals surface area contributed by atoms with Gasteiger partial charge in [0.15, 0.2) is 0 Å².